The number of nitrogens with zero attached hydrogens (tertiary/aromatic N) is 2. The van der Waals surface area contributed by atoms with Crippen molar-refractivity contribution in [3.05, 3.63) is 75.1 Å². The van der Waals surface area contributed by atoms with Crippen LogP contribution in [0, 0.1) is 0 Å². The van der Waals surface area contributed by atoms with E-state index in [4.69, 9.17) is 9.47 Å². The van der Waals surface area contributed by atoms with Gasteiger partial charge in [0.05, 0.1) is 16.0 Å². The molecule has 0 atom stereocenters. The van der Waals surface area contributed by atoms with Crippen LogP contribution in [0.5, 0.6) is 11.5 Å². The number of hydrogen-bond donors (Lipinski definition) is 0. The maximum Gasteiger partial charge on any atom is 0.294 e. The zero-order chi connectivity index (χ0) is 26.6. The molecule has 7 nitrogen and oxygen atoms in total. The summed E-state index contributed by atoms with van der Waals surface area (Å²) in [6.45, 7) is 3.79. The van der Waals surface area contributed by atoms with E-state index in [2.05, 4.69) is 34.1 Å². The van der Waals surface area contributed by atoms with Crippen molar-refractivity contribution in [3.63, 3.8) is 0 Å². The molecule has 3 aromatic carbocycles. The Kier molecular flexibility index (Phi) is 8.04. The lowest BCUT2D eigenvalue weighted by Crippen LogP contribution is -2.40. The maximum absolute atomic E-state index is 13.0. The number of carbonyl (C=O) groups excluding carboxylic acids is 3. The SMILES string of the molecule is CCOc1cc(/C=C2\SC(=O)N(CC(=O)N3CCCC3)C2=O)cc(Br)c1OCc1cccc2ccccc12. The van der Waals surface area contributed by atoms with Crippen LogP contribution in [0.15, 0.2) is 64.0 Å². The van der Waals surface area contributed by atoms with E-state index in [1.54, 1.807) is 17.0 Å². The number of amides is 3. The van der Waals surface area contributed by atoms with Crippen molar-refractivity contribution in [1.82, 2.24) is 9.80 Å². The van der Waals surface area contributed by atoms with Gasteiger partial charge in [0.1, 0.15) is 13.2 Å². The van der Waals surface area contributed by atoms with Crippen LogP contribution in [0.25, 0.3) is 16.8 Å². The van der Waals surface area contributed by atoms with Gasteiger partial charge in [-0.25, -0.2) is 0 Å². The first-order valence-corrected chi connectivity index (χ1v) is 14.1. The first-order valence-electron chi connectivity index (χ1n) is 12.5. The highest BCUT2D eigenvalue weighted by atomic mass is 79.9. The molecular formula is C29H27BrN2O5S. The third-order valence-electron chi connectivity index (χ3n) is 6.51. The highest BCUT2D eigenvalue weighted by Crippen LogP contribution is 2.40. The largest absolute Gasteiger partial charge is 0.490 e. The Morgan fingerprint density at radius 3 is 2.61 bits per heavy atom. The van der Waals surface area contributed by atoms with Crippen molar-refractivity contribution in [1.29, 1.82) is 0 Å². The van der Waals surface area contributed by atoms with Crippen LogP contribution in [-0.2, 0) is 16.2 Å². The highest BCUT2D eigenvalue weighted by Gasteiger charge is 2.37. The molecule has 2 aliphatic heterocycles. The van der Waals surface area contributed by atoms with Gasteiger partial charge in [-0.2, -0.15) is 0 Å². The number of carbonyl (C=O) groups is 3. The zero-order valence-electron chi connectivity index (χ0n) is 20.9. The van der Waals surface area contributed by atoms with E-state index in [1.807, 2.05) is 37.3 Å². The summed E-state index contributed by atoms with van der Waals surface area (Å²) in [5.41, 5.74) is 1.73. The van der Waals surface area contributed by atoms with E-state index < -0.39 is 11.1 Å². The molecule has 2 fully saturated rings. The van der Waals surface area contributed by atoms with Gasteiger partial charge < -0.3 is 14.4 Å². The molecule has 5 rings (SSSR count). The van der Waals surface area contributed by atoms with Crippen LogP contribution in [0.4, 0.5) is 4.79 Å². The van der Waals surface area contributed by atoms with Crippen molar-refractivity contribution in [2.75, 3.05) is 26.2 Å². The Morgan fingerprint density at radius 1 is 1.05 bits per heavy atom. The smallest absolute Gasteiger partial charge is 0.294 e. The molecule has 196 valence electrons. The number of halogens is 1. The van der Waals surface area contributed by atoms with E-state index in [-0.39, 0.29) is 17.4 Å². The van der Waals surface area contributed by atoms with Crippen LogP contribution in [0.2, 0.25) is 0 Å². The van der Waals surface area contributed by atoms with Crippen molar-refractivity contribution in [2.24, 2.45) is 0 Å². The minimum absolute atomic E-state index is 0.194. The standard InChI is InChI=1S/C29H27BrN2O5S/c1-2-36-24-15-19(16-25-28(34)32(29(35)38-25)17-26(33)31-12-5-6-13-31)14-23(30)27(24)37-18-21-10-7-9-20-8-3-4-11-22(20)21/h3-4,7-11,14-16H,2,5-6,12-13,17-18H2,1H3/b25-16-. The Hall–Kier alpha value is -3.30. The first kappa shape index (κ1) is 26.3. The fraction of sp³-hybridized carbons (Fsp3) is 0.276. The molecule has 3 aromatic rings. The molecule has 9 heteroatoms. The molecular weight excluding hydrogens is 568 g/mol. The highest BCUT2D eigenvalue weighted by molar-refractivity contribution is 9.10. The van der Waals surface area contributed by atoms with Gasteiger partial charge in [0.25, 0.3) is 11.1 Å². The lowest BCUT2D eigenvalue weighted by Gasteiger charge is -2.18. The lowest BCUT2D eigenvalue weighted by molar-refractivity contribution is -0.135. The number of imide groups is 1. The number of rotatable bonds is 8. The van der Waals surface area contributed by atoms with Gasteiger partial charge in [0.2, 0.25) is 5.91 Å². The van der Waals surface area contributed by atoms with Crippen LogP contribution in [-0.4, -0.2) is 53.1 Å². The monoisotopic (exact) mass is 594 g/mol. The lowest BCUT2D eigenvalue weighted by atomic mass is 10.1. The number of hydrogen-bond acceptors (Lipinski definition) is 6. The number of benzene rings is 3. The second kappa shape index (κ2) is 11.6. The second-order valence-corrected chi connectivity index (χ2v) is 10.9. The molecule has 38 heavy (non-hydrogen) atoms. The van der Waals surface area contributed by atoms with E-state index in [1.165, 1.54) is 0 Å². The normalized spacial score (nSPS) is 16.6. The second-order valence-electron chi connectivity index (χ2n) is 9.05. The molecule has 2 heterocycles. The van der Waals surface area contributed by atoms with Crippen molar-refractivity contribution < 1.29 is 23.9 Å². The summed E-state index contributed by atoms with van der Waals surface area (Å²) < 4.78 is 12.8. The van der Waals surface area contributed by atoms with Gasteiger partial charge in [-0.15, -0.1) is 0 Å². The molecule has 0 spiro atoms. The van der Waals surface area contributed by atoms with Gasteiger partial charge in [-0.05, 0) is 87.6 Å². The summed E-state index contributed by atoms with van der Waals surface area (Å²) in [4.78, 5) is 41.0. The molecule has 0 saturated carbocycles. The average molecular weight is 596 g/mol. The van der Waals surface area contributed by atoms with E-state index >= 15 is 0 Å². The van der Waals surface area contributed by atoms with Crippen molar-refractivity contribution >= 4 is 61.6 Å². The summed E-state index contributed by atoms with van der Waals surface area (Å²) in [6, 6.07) is 17.9. The minimum atomic E-state index is -0.460. The van der Waals surface area contributed by atoms with Gasteiger partial charge in [0, 0.05) is 13.1 Å². The van der Waals surface area contributed by atoms with E-state index in [0.717, 1.165) is 45.8 Å². The molecule has 0 unspecified atom stereocenters. The van der Waals surface area contributed by atoms with Crippen molar-refractivity contribution in [2.45, 2.75) is 26.4 Å². The number of fused-ring (bicyclic) bond motifs is 1. The van der Waals surface area contributed by atoms with E-state index in [0.29, 0.717) is 47.8 Å². The van der Waals surface area contributed by atoms with Gasteiger partial charge >= 0.3 is 0 Å². The summed E-state index contributed by atoms with van der Waals surface area (Å²) in [7, 11) is 0. The van der Waals surface area contributed by atoms with Crippen LogP contribution >= 0.6 is 27.7 Å². The topological polar surface area (TPSA) is 76.2 Å². The van der Waals surface area contributed by atoms with E-state index in [9.17, 15) is 14.4 Å². The van der Waals surface area contributed by atoms with Crippen LogP contribution in [0.1, 0.15) is 30.9 Å². The number of thioether (sulfide) groups is 1. The number of likely N-dealkylation sites (tertiary alicyclic amines) is 1. The third kappa shape index (κ3) is 5.59. The van der Waals surface area contributed by atoms with Gasteiger partial charge in [-0.3, -0.25) is 19.3 Å². The predicted octanol–water partition coefficient (Wildman–Crippen LogP) is 6.24. The Balaban J connectivity index is 1.35. The summed E-state index contributed by atoms with van der Waals surface area (Å²) in [6.07, 6.45) is 3.55. The number of ether oxygens (including phenoxy) is 2. The summed E-state index contributed by atoms with van der Waals surface area (Å²) in [5, 5.41) is 1.83. The molecule has 2 aliphatic rings. The van der Waals surface area contributed by atoms with Crippen molar-refractivity contribution in [3.8, 4) is 11.5 Å². The first-order chi connectivity index (χ1) is 18.4. The van der Waals surface area contributed by atoms with Crippen LogP contribution < -0.4 is 9.47 Å². The fourth-order valence-corrected chi connectivity index (χ4v) is 6.04. The Labute approximate surface area is 233 Å². The molecule has 3 amide bonds. The van der Waals surface area contributed by atoms with Crippen LogP contribution in [0.3, 0.4) is 0 Å². The zero-order valence-corrected chi connectivity index (χ0v) is 23.3. The minimum Gasteiger partial charge on any atom is -0.490 e. The average Bonchev–Trinajstić information content (AvgIpc) is 3.54. The predicted molar refractivity (Wildman–Crippen MR) is 152 cm³/mol. The molecule has 0 aromatic heterocycles. The molecule has 0 aliphatic carbocycles. The Morgan fingerprint density at radius 2 is 1.82 bits per heavy atom. The summed E-state index contributed by atoms with van der Waals surface area (Å²) >= 11 is 4.44. The molecule has 0 bridgehead atoms. The quantitative estimate of drug-likeness (QED) is 0.287. The summed E-state index contributed by atoms with van der Waals surface area (Å²) in [5.74, 6) is 0.427. The van der Waals surface area contributed by atoms with Gasteiger partial charge in [-0.1, -0.05) is 42.5 Å². The third-order valence-corrected chi connectivity index (χ3v) is 8.00. The fourth-order valence-electron chi connectivity index (χ4n) is 4.63. The van der Waals surface area contributed by atoms with Gasteiger partial charge in [0.15, 0.2) is 11.5 Å². The Bertz CT molecular complexity index is 1430. The molecule has 0 radical (unpaired) electrons. The molecule has 0 N–H and O–H groups in total. The maximum atomic E-state index is 13.0. The molecule has 2 saturated heterocycles.